The highest BCUT2D eigenvalue weighted by molar-refractivity contribution is 7.98. The lowest BCUT2D eigenvalue weighted by Crippen LogP contribution is -1.96. The number of rotatable bonds is 4. The van der Waals surface area contributed by atoms with Crippen LogP contribution in [-0.4, -0.2) is 21.0 Å². The van der Waals surface area contributed by atoms with E-state index in [2.05, 4.69) is 9.97 Å². The summed E-state index contributed by atoms with van der Waals surface area (Å²) in [5.74, 6) is -0.847. The second kappa shape index (κ2) is 5.59. The third-order valence-corrected chi connectivity index (χ3v) is 3.15. The van der Waals surface area contributed by atoms with Crippen LogP contribution in [0.15, 0.2) is 41.8 Å². The van der Waals surface area contributed by atoms with E-state index < -0.39 is 5.97 Å². The van der Waals surface area contributed by atoms with Gasteiger partial charge in [-0.15, -0.1) is 11.8 Å². The van der Waals surface area contributed by atoms with Gasteiger partial charge >= 0.3 is 5.97 Å². The normalized spacial score (nSPS) is 10.3. The molecule has 0 saturated heterocycles. The molecule has 0 radical (unpaired) electrons. The number of thioether (sulfide) groups is 1. The number of pyridine rings is 2. The zero-order valence-corrected chi connectivity index (χ0v) is 10.0. The Balaban J connectivity index is 2.00. The lowest BCUT2D eigenvalue weighted by atomic mass is 10.3. The zero-order chi connectivity index (χ0) is 13.0. The van der Waals surface area contributed by atoms with Crippen LogP contribution in [0.2, 0.25) is 0 Å². The van der Waals surface area contributed by atoms with Crippen molar-refractivity contribution in [3.63, 3.8) is 0 Å². The summed E-state index contributed by atoms with van der Waals surface area (Å²) in [4.78, 5) is 18.4. The molecule has 0 aromatic carbocycles. The van der Waals surface area contributed by atoms with Crippen LogP contribution in [0.1, 0.15) is 15.9 Å². The van der Waals surface area contributed by atoms with Crippen LogP contribution >= 0.6 is 11.8 Å². The highest BCUT2D eigenvalue weighted by Gasteiger charge is 2.04. The van der Waals surface area contributed by atoms with Gasteiger partial charge in [-0.3, -0.25) is 4.98 Å². The Kier molecular flexibility index (Phi) is 3.88. The number of carboxylic acid groups (broad SMARTS) is 1. The van der Waals surface area contributed by atoms with Gasteiger partial charge in [0.2, 0.25) is 0 Å². The van der Waals surface area contributed by atoms with Gasteiger partial charge in [0, 0.05) is 18.1 Å². The molecule has 1 N–H and O–H groups in total. The first-order valence-corrected chi connectivity index (χ1v) is 6.05. The van der Waals surface area contributed by atoms with Crippen molar-refractivity contribution in [2.24, 2.45) is 0 Å². The van der Waals surface area contributed by atoms with Crippen LogP contribution in [0.5, 0.6) is 0 Å². The van der Waals surface area contributed by atoms with Crippen molar-refractivity contribution in [1.29, 1.82) is 0 Å². The molecule has 0 amide bonds. The van der Waals surface area contributed by atoms with Crippen molar-refractivity contribution in [3.05, 3.63) is 53.7 Å². The molecular weight excluding hydrogens is 255 g/mol. The van der Waals surface area contributed by atoms with E-state index in [1.165, 1.54) is 30.1 Å². The number of hydrogen-bond acceptors (Lipinski definition) is 4. The predicted octanol–water partition coefficient (Wildman–Crippen LogP) is 2.61. The average Bonchev–Trinajstić information content (AvgIpc) is 2.37. The van der Waals surface area contributed by atoms with Crippen molar-refractivity contribution >= 4 is 17.7 Å². The van der Waals surface area contributed by atoms with E-state index in [0.717, 1.165) is 11.8 Å². The molecule has 0 fully saturated rings. The molecule has 0 unspecified atom stereocenters. The molecule has 2 aromatic rings. The quantitative estimate of drug-likeness (QED) is 0.860. The molecule has 0 bridgehead atoms. The Bertz CT molecular complexity index is 560. The van der Waals surface area contributed by atoms with Crippen molar-refractivity contribution in [2.45, 2.75) is 10.8 Å². The minimum Gasteiger partial charge on any atom is -0.478 e. The Morgan fingerprint density at radius 2 is 2.17 bits per heavy atom. The van der Waals surface area contributed by atoms with Gasteiger partial charge in [0.15, 0.2) is 0 Å². The second-order valence-corrected chi connectivity index (χ2v) is 4.49. The number of hydrogen-bond donors (Lipinski definition) is 1. The van der Waals surface area contributed by atoms with Crippen LogP contribution in [0.25, 0.3) is 0 Å². The molecule has 0 spiro atoms. The van der Waals surface area contributed by atoms with E-state index in [0.29, 0.717) is 10.8 Å². The van der Waals surface area contributed by atoms with E-state index in [4.69, 9.17) is 5.11 Å². The van der Waals surface area contributed by atoms with Crippen molar-refractivity contribution in [1.82, 2.24) is 9.97 Å². The van der Waals surface area contributed by atoms with E-state index in [1.54, 1.807) is 12.3 Å². The van der Waals surface area contributed by atoms with Crippen molar-refractivity contribution in [3.8, 4) is 0 Å². The van der Waals surface area contributed by atoms with Gasteiger partial charge in [-0.1, -0.05) is 0 Å². The third-order valence-electron chi connectivity index (χ3n) is 2.13. The SMILES string of the molecule is O=C(O)c1ccc(SCc2cncc(F)c2)nc1. The van der Waals surface area contributed by atoms with Crippen LogP contribution in [0.3, 0.4) is 0 Å². The van der Waals surface area contributed by atoms with Gasteiger partial charge in [0.1, 0.15) is 5.82 Å². The molecule has 92 valence electrons. The third kappa shape index (κ3) is 3.27. The summed E-state index contributed by atoms with van der Waals surface area (Å²) in [6.45, 7) is 0. The monoisotopic (exact) mass is 264 g/mol. The molecule has 0 aliphatic carbocycles. The lowest BCUT2D eigenvalue weighted by molar-refractivity contribution is 0.0696. The topological polar surface area (TPSA) is 63.1 Å². The summed E-state index contributed by atoms with van der Waals surface area (Å²) < 4.78 is 12.9. The largest absolute Gasteiger partial charge is 0.478 e. The Morgan fingerprint density at radius 3 is 2.78 bits per heavy atom. The average molecular weight is 264 g/mol. The molecule has 2 aromatic heterocycles. The molecule has 2 heterocycles. The molecule has 4 nitrogen and oxygen atoms in total. The van der Waals surface area contributed by atoms with Crippen molar-refractivity contribution < 1.29 is 14.3 Å². The maximum absolute atomic E-state index is 12.9. The highest BCUT2D eigenvalue weighted by Crippen LogP contribution is 2.20. The Labute approximate surface area is 107 Å². The van der Waals surface area contributed by atoms with Crippen LogP contribution in [0.4, 0.5) is 4.39 Å². The van der Waals surface area contributed by atoms with Gasteiger partial charge in [0.25, 0.3) is 0 Å². The maximum atomic E-state index is 12.9. The number of carbonyl (C=O) groups is 1. The van der Waals surface area contributed by atoms with Gasteiger partial charge in [-0.05, 0) is 23.8 Å². The summed E-state index contributed by atoms with van der Waals surface area (Å²) in [6, 6.07) is 4.52. The Hall–Kier alpha value is -1.95. The van der Waals surface area contributed by atoms with Gasteiger partial charge in [-0.25, -0.2) is 14.2 Å². The summed E-state index contributed by atoms with van der Waals surface area (Å²) in [7, 11) is 0. The molecule has 6 heteroatoms. The van der Waals surface area contributed by atoms with Crippen molar-refractivity contribution in [2.75, 3.05) is 0 Å². The molecule has 2 rings (SSSR count). The fourth-order valence-electron chi connectivity index (χ4n) is 1.28. The standard InChI is InChI=1S/C12H9FN2O2S/c13-10-3-8(4-14-6-10)7-18-11-2-1-9(5-15-11)12(16)17/h1-6H,7H2,(H,16,17). The maximum Gasteiger partial charge on any atom is 0.337 e. The number of aromatic carboxylic acids is 1. The zero-order valence-electron chi connectivity index (χ0n) is 9.21. The first-order valence-electron chi connectivity index (χ1n) is 5.07. The van der Waals surface area contributed by atoms with E-state index >= 15 is 0 Å². The molecule has 0 atom stereocenters. The second-order valence-electron chi connectivity index (χ2n) is 3.49. The molecule has 0 aliphatic heterocycles. The fourth-order valence-corrected chi connectivity index (χ4v) is 2.05. The minimum absolute atomic E-state index is 0.145. The van der Waals surface area contributed by atoms with Gasteiger partial charge in [-0.2, -0.15) is 0 Å². The van der Waals surface area contributed by atoms with Crippen LogP contribution in [0, 0.1) is 5.82 Å². The smallest absolute Gasteiger partial charge is 0.337 e. The van der Waals surface area contributed by atoms with Gasteiger partial charge < -0.3 is 5.11 Å². The Morgan fingerprint density at radius 1 is 1.33 bits per heavy atom. The molecule has 0 aliphatic rings. The lowest BCUT2D eigenvalue weighted by Gasteiger charge is -2.01. The summed E-state index contributed by atoms with van der Waals surface area (Å²) >= 11 is 1.39. The number of nitrogens with zero attached hydrogens (tertiary/aromatic N) is 2. The van der Waals surface area contributed by atoms with E-state index in [-0.39, 0.29) is 11.4 Å². The number of halogens is 1. The van der Waals surface area contributed by atoms with E-state index in [1.807, 2.05) is 0 Å². The molecule has 0 saturated carbocycles. The summed E-state index contributed by atoms with van der Waals surface area (Å²) in [5.41, 5.74) is 0.899. The van der Waals surface area contributed by atoms with Crippen LogP contribution < -0.4 is 0 Å². The molecular formula is C12H9FN2O2S. The fraction of sp³-hybridized carbons (Fsp3) is 0.0833. The first kappa shape index (κ1) is 12.5. The first-order chi connectivity index (χ1) is 8.65. The summed E-state index contributed by atoms with van der Waals surface area (Å²) in [5, 5.41) is 9.40. The number of aromatic nitrogens is 2. The summed E-state index contributed by atoms with van der Waals surface area (Å²) in [6.07, 6.45) is 4.03. The predicted molar refractivity (Wildman–Crippen MR) is 65.0 cm³/mol. The van der Waals surface area contributed by atoms with E-state index in [9.17, 15) is 9.18 Å². The molecule has 18 heavy (non-hydrogen) atoms. The number of carboxylic acids is 1. The van der Waals surface area contributed by atoms with Crippen LogP contribution in [-0.2, 0) is 5.75 Å². The highest BCUT2D eigenvalue weighted by atomic mass is 32.2. The van der Waals surface area contributed by atoms with Gasteiger partial charge in [0.05, 0.1) is 16.8 Å². The minimum atomic E-state index is -1.01.